The van der Waals surface area contributed by atoms with Gasteiger partial charge in [0.1, 0.15) is 0 Å². The van der Waals surface area contributed by atoms with Crippen LogP contribution in [0.5, 0.6) is 5.88 Å². The van der Waals surface area contributed by atoms with Crippen LogP contribution in [0.2, 0.25) is 0 Å². The fraction of sp³-hybridized carbons (Fsp3) is 0.500. The zero-order valence-corrected chi connectivity index (χ0v) is 13.4. The normalized spacial score (nSPS) is 9.06. The van der Waals surface area contributed by atoms with Gasteiger partial charge in [-0.25, -0.2) is 9.98 Å². The van der Waals surface area contributed by atoms with E-state index in [0.29, 0.717) is 12.4 Å². The minimum absolute atomic E-state index is 0. The Balaban J connectivity index is 0.00000289. The summed E-state index contributed by atoms with van der Waals surface area (Å²) in [6.07, 6.45) is 0. The molecular weight excluding hydrogens is 343 g/mol. The van der Waals surface area contributed by atoms with Crippen LogP contribution in [0, 0.1) is 0 Å². The van der Waals surface area contributed by atoms with E-state index in [4.69, 9.17) is 4.74 Å². The summed E-state index contributed by atoms with van der Waals surface area (Å²) >= 11 is 0. The van der Waals surface area contributed by atoms with E-state index in [1.54, 1.807) is 7.11 Å². The maximum atomic E-state index is 5.07. The molecule has 0 aliphatic rings. The first kappa shape index (κ1) is 16.9. The molecule has 0 unspecified atom stereocenters. The summed E-state index contributed by atoms with van der Waals surface area (Å²) in [6, 6.07) is 5.67. The van der Waals surface area contributed by atoms with Gasteiger partial charge in [0, 0.05) is 19.2 Å². The molecule has 0 atom stereocenters. The van der Waals surface area contributed by atoms with E-state index in [2.05, 4.69) is 20.6 Å². The molecule has 0 saturated carbocycles. The van der Waals surface area contributed by atoms with Crippen molar-refractivity contribution in [1.82, 2.24) is 15.6 Å². The number of ether oxygens (including phenoxy) is 1. The summed E-state index contributed by atoms with van der Waals surface area (Å²) in [4.78, 5) is 8.72. The zero-order valence-electron chi connectivity index (χ0n) is 11.1. The highest BCUT2D eigenvalue weighted by Crippen LogP contribution is 2.07. The number of guanidine groups is 1. The van der Waals surface area contributed by atoms with Crippen LogP contribution in [0.25, 0.3) is 0 Å². The molecule has 18 heavy (non-hydrogen) atoms. The van der Waals surface area contributed by atoms with Crippen LogP contribution >= 0.6 is 24.0 Å². The van der Waals surface area contributed by atoms with Gasteiger partial charge in [0.05, 0.1) is 19.3 Å². The van der Waals surface area contributed by atoms with Crippen LogP contribution in [-0.4, -0.2) is 31.1 Å². The summed E-state index contributed by atoms with van der Waals surface area (Å²) in [5.74, 6) is 1.42. The molecule has 0 aromatic carbocycles. The Morgan fingerprint density at radius 1 is 1.28 bits per heavy atom. The van der Waals surface area contributed by atoms with Crippen LogP contribution in [-0.2, 0) is 6.54 Å². The Labute approximate surface area is 125 Å². The van der Waals surface area contributed by atoms with Gasteiger partial charge in [-0.2, -0.15) is 0 Å². The second-order valence-corrected chi connectivity index (χ2v) is 3.40. The molecule has 102 valence electrons. The Morgan fingerprint density at radius 2 is 1.94 bits per heavy atom. The largest absolute Gasteiger partial charge is 0.481 e. The van der Waals surface area contributed by atoms with Crippen molar-refractivity contribution in [3.8, 4) is 5.88 Å². The molecule has 2 N–H and O–H groups in total. The first-order valence-electron chi connectivity index (χ1n) is 5.82. The quantitative estimate of drug-likeness (QED) is 0.475. The summed E-state index contributed by atoms with van der Waals surface area (Å²) < 4.78 is 5.07. The second-order valence-electron chi connectivity index (χ2n) is 3.40. The Bertz CT molecular complexity index is 363. The molecular formula is C12H21IN4O. The SMILES string of the molecule is CCNC(=NCc1cccc(OC)n1)NCC.I. The number of aliphatic imine (C=N–C) groups is 1. The molecule has 1 rings (SSSR count). The molecule has 6 heteroatoms. The molecule has 1 aromatic heterocycles. The minimum atomic E-state index is 0. The molecule has 5 nitrogen and oxygen atoms in total. The highest BCUT2D eigenvalue weighted by molar-refractivity contribution is 14.0. The van der Waals surface area contributed by atoms with Gasteiger partial charge in [0.2, 0.25) is 5.88 Å². The van der Waals surface area contributed by atoms with Gasteiger partial charge in [-0.15, -0.1) is 24.0 Å². The number of pyridine rings is 1. The topological polar surface area (TPSA) is 58.5 Å². The van der Waals surface area contributed by atoms with E-state index in [-0.39, 0.29) is 24.0 Å². The number of nitrogens with one attached hydrogen (secondary N) is 2. The second kappa shape index (κ2) is 9.93. The highest BCUT2D eigenvalue weighted by atomic mass is 127. The van der Waals surface area contributed by atoms with E-state index in [1.165, 1.54) is 0 Å². The summed E-state index contributed by atoms with van der Waals surface area (Å²) in [5.41, 5.74) is 0.887. The van der Waals surface area contributed by atoms with Gasteiger partial charge >= 0.3 is 0 Å². The lowest BCUT2D eigenvalue weighted by Crippen LogP contribution is -2.37. The van der Waals surface area contributed by atoms with Crippen molar-refractivity contribution in [2.75, 3.05) is 20.2 Å². The van der Waals surface area contributed by atoms with Crippen molar-refractivity contribution in [3.05, 3.63) is 23.9 Å². The van der Waals surface area contributed by atoms with Crippen molar-refractivity contribution in [2.24, 2.45) is 4.99 Å². The minimum Gasteiger partial charge on any atom is -0.481 e. The van der Waals surface area contributed by atoms with Crippen molar-refractivity contribution in [3.63, 3.8) is 0 Å². The zero-order chi connectivity index (χ0) is 12.5. The van der Waals surface area contributed by atoms with Gasteiger partial charge in [-0.3, -0.25) is 0 Å². The first-order chi connectivity index (χ1) is 8.30. The van der Waals surface area contributed by atoms with Gasteiger partial charge in [0.25, 0.3) is 0 Å². The first-order valence-corrected chi connectivity index (χ1v) is 5.82. The number of hydrogen-bond acceptors (Lipinski definition) is 3. The number of halogens is 1. The number of rotatable bonds is 5. The van der Waals surface area contributed by atoms with Gasteiger partial charge in [0.15, 0.2) is 5.96 Å². The standard InChI is InChI=1S/C12H20N4O.HI/c1-4-13-12(14-5-2)15-9-10-7-6-8-11(16-10)17-3;/h6-8H,4-5,9H2,1-3H3,(H2,13,14,15);1H. The van der Waals surface area contributed by atoms with Gasteiger partial charge in [-0.05, 0) is 19.9 Å². The van der Waals surface area contributed by atoms with E-state index in [1.807, 2.05) is 32.0 Å². The smallest absolute Gasteiger partial charge is 0.213 e. The average Bonchev–Trinajstić information content (AvgIpc) is 2.37. The Morgan fingerprint density at radius 3 is 2.50 bits per heavy atom. The molecule has 1 aromatic rings. The van der Waals surface area contributed by atoms with Gasteiger partial charge in [-0.1, -0.05) is 6.07 Å². The molecule has 0 spiro atoms. The lowest BCUT2D eigenvalue weighted by Gasteiger charge is -2.09. The molecule has 0 bridgehead atoms. The van der Waals surface area contributed by atoms with E-state index < -0.39 is 0 Å². The lowest BCUT2D eigenvalue weighted by molar-refractivity contribution is 0.396. The Hall–Kier alpha value is -1.05. The van der Waals surface area contributed by atoms with Crippen LogP contribution < -0.4 is 15.4 Å². The third-order valence-electron chi connectivity index (χ3n) is 2.08. The third kappa shape index (κ3) is 6.04. The number of aromatic nitrogens is 1. The third-order valence-corrected chi connectivity index (χ3v) is 2.08. The molecule has 0 aliphatic carbocycles. The van der Waals surface area contributed by atoms with Crippen LogP contribution in [0.1, 0.15) is 19.5 Å². The maximum absolute atomic E-state index is 5.07. The van der Waals surface area contributed by atoms with Gasteiger partial charge < -0.3 is 15.4 Å². The fourth-order valence-corrected chi connectivity index (χ4v) is 1.33. The predicted octanol–water partition coefficient (Wildman–Crippen LogP) is 1.78. The maximum Gasteiger partial charge on any atom is 0.213 e. The van der Waals surface area contributed by atoms with E-state index in [9.17, 15) is 0 Å². The number of nitrogens with zero attached hydrogens (tertiary/aromatic N) is 2. The number of methoxy groups -OCH3 is 1. The van der Waals surface area contributed by atoms with Crippen LogP contribution in [0.4, 0.5) is 0 Å². The number of hydrogen-bond donors (Lipinski definition) is 2. The summed E-state index contributed by atoms with van der Waals surface area (Å²) in [6.45, 7) is 6.30. The van der Waals surface area contributed by atoms with E-state index >= 15 is 0 Å². The monoisotopic (exact) mass is 364 g/mol. The van der Waals surface area contributed by atoms with Crippen LogP contribution in [0.15, 0.2) is 23.2 Å². The summed E-state index contributed by atoms with van der Waals surface area (Å²) in [5, 5.41) is 6.32. The molecule has 0 aliphatic heterocycles. The fourth-order valence-electron chi connectivity index (χ4n) is 1.33. The molecule has 0 radical (unpaired) electrons. The van der Waals surface area contributed by atoms with Crippen molar-refractivity contribution in [2.45, 2.75) is 20.4 Å². The van der Waals surface area contributed by atoms with Crippen molar-refractivity contribution in [1.29, 1.82) is 0 Å². The molecule has 0 amide bonds. The summed E-state index contributed by atoms with van der Waals surface area (Å²) in [7, 11) is 1.61. The van der Waals surface area contributed by atoms with Crippen molar-refractivity contribution >= 4 is 29.9 Å². The molecule has 0 saturated heterocycles. The lowest BCUT2D eigenvalue weighted by atomic mass is 10.3. The van der Waals surface area contributed by atoms with Crippen LogP contribution in [0.3, 0.4) is 0 Å². The Kier molecular flexibility index (Phi) is 9.35. The predicted molar refractivity (Wildman–Crippen MR) is 84.7 cm³/mol. The highest BCUT2D eigenvalue weighted by Gasteiger charge is 1.98. The molecule has 1 heterocycles. The molecule has 0 fully saturated rings. The average molecular weight is 364 g/mol. The van der Waals surface area contributed by atoms with Crippen molar-refractivity contribution < 1.29 is 4.74 Å². The van der Waals surface area contributed by atoms with E-state index in [0.717, 1.165) is 24.7 Å².